The van der Waals surface area contributed by atoms with Crippen molar-refractivity contribution in [2.45, 2.75) is 18.3 Å². The minimum absolute atomic E-state index is 0.0609. The summed E-state index contributed by atoms with van der Waals surface area (Å²) >= 11 is 0. The number of carbonyl (C=O) groups is 2. The lowest BCUT2D eigenvalue weighted by atomic mass is 10.1. The molecule has 0 heterocycles. The van der Waals surface area contributed by atoms with Gasteiger partial charge in [-0.15, -0.1) is 0 Å². The second-order valence-corrected chi connectivity index (χ2v) is 4.21. The number of hydrogen-bond donors (Lipinski definition) is 2. The molecule has 20 heavy (non-hydrogen) atoms. The van der Waals surface area contributed by atoms with Crippen molar-refractivity contribution in [2.24, 2.45) is 0 Å². The van der Waals surface area contributed by atoms with Crippen LogP contribution in [0.2, 0.25) is 0 Å². The lowest BCUT2D eigenvalue weighted by Crippen LogP contribution is -2.42. The molecule has 1 aromatic carbocycles. The smallest absolute Gasteiger partial charge is 0.471 e. The van der Waals surface area contributed by atoms with Gasteiger partial charge in [0.15, 0.2) is 5.78 Å². The molecule has 5 nitrogen and oxygen atoms in total. The number of amides is 1. The van der Waals surface area contributed by atoms with Crippen molar-refractivity contribution in [3.63, 3.8) is 0 Å². The molecule has 0 bridgehead atoms. The van der Waals surface area contributed by atoms with Gasteiger partial charge in [-0.3, -0.25) is 9.59 Å². The van der Waals surface area contributed by atoms with Crippen molar-refractivity contribution in [2.75, 3.05) is 7.11 Å². The monoisotopic (exact) mass is 289 g/mol. The minimum Gasteiger partial charge on any atom is -0.497 e. The number of ketones is 1. The Morgan fingerprint density at radius 2 is 2.05 bits per heavy atom. The lowest BCUT2D eigenvalue weighted by Gasteiger charge is -2.18. The Morgan fingerprint density at radius 1 is 1.40 bits per heavy atom. The standard InChI is InChI=1S/C12H10F3NO4/c1-20-5-2-3-6-7(4-5)8(10(18)9(6)17)16-11(19)12(13,14)15/h2-4,8,10,18H,1H3,(H,16,19). The number of Topliss-reactive ketones (excluding diaryl/α,β-unsaturated/α-hetero) is 1. The highest BCUT2D eigenvalue weighted by Gasteiger charge is 2.45. The Hall–Kier alpha value is -2.09. The van der Waals surface area contributed by atoms with Gasteiger partial charge in [-0.2, -0.15) is 13.2 Å². The molecule has 1 aromatic rings. The first kappa shape index (κ1) is 14.3. The van der Waals surface area contributed by atoms with Crippen molar-refractivity contribution >= 4 is 11.7 Å². The molecule has 108 valence electrons. The van der Waals surface area contributed by atoms with Crippen molar-refractivity contribution in [3.05, 3.63) is 29.3 Å². The zero-order chi connectivity index (χ0) is 15.1. The number of carbonyl (C=O) groups excluding carboxylic acids is 2. The van der Waals surface area contributed by atoms with E-state index in [1.807, 2.05) is 0 Å². The fourth-order valence-electron chi connectivity index (χ4n) is 2.01. The Labute approximate surface area is 111 Å². The van der Waals surface area contributed by atoms with Crippen LogP contribution >= 0.6 is 0 Å². The summed E-state index contributed by atoms with van der Waals surface area (Å²) in [4.78, 5) is 22.7. The summed E-state index contributed by atoms with van der Waals surface area (Å²) in [6, 6.07) is 2.64. The topological polar surface area (TPSA) is 75.6 Å². The fourth-order valence-corrected chi connectivity index (χ4v) is 2.01. The average molecular weight is 289 g/mol. The number of halogens is 3. The van der Waals surface area contributed by atoms with E-state index in [-0.39, 0.29) is 11.1 Å². The molecule has 2 rings (SSSR count). The number of ether oxygens (including phenoxy) is 1. The third-order valence-electron chi connectivity index (χ3n) is 2.99. The van der Waals surface area contributed by atoms with Crippen LogP contribution in [-0.2, 0) is 4.79 Å². The maximum absolute atomic E-state index is 12.2. The number of methoxy groups -OCH3 is 1. The zero-order valence-corrected chi connectivity index (χ0v) is 10.2. The maximum atomic E-state index is 12.2. The molecule has 2 N–H and O–H groups in total. The lowest BCUT2D eigenvalue weighted by molar-refractivity contribution is -0.174. The number of fused-ring (bicyclic) bond motifs is 1. The van der Waals surface area contributed by atoms with E-state index in [1.165, 1.54) is 25.3 Å². The Balaban J connectivity index is 2.36. The number of benzene rings is 1. The van der Waals surface area contributed by atoms with Gasteiger partial charge in [-0.1, -0.05) is 0 Å². The number of hydrogen-bond acceptors (Lipinski definition) is 4. The summed E-state index contributed by atoms with van der Waals surface area (Å²) in [7, 11) is 1.35. The summed E-state index contributed by atoms with van der Waals surface area (Å²) in [5.74, 6) is -2.66. The molecule has 1 amide bonds. The van der Waals surface area contributed by atoms with Gasteiger partial charge < -0.3 is 15.2 Å². The zero-order valence-electron chi connectivity index (χ0n) is 10.2. The van der Waals surface area contributed by atoms with Crippen LogP contribution in [0, 0.1) is 0 Å². The van der Waals surface area contributed by atoms with Gasteiger partial charge in [0.25, 0.3) is 0 Å². The Morgan fingerprint density at radius 3 is 2.60 bits per heavy atom. The largest absolute Gasteiger partial charge is 0.497 e. The van der Waals surface area contributed by atoms with Crippen LogP contribution in [0.15, 0.2) is 18.2 Å². The van der Waals surface area contributed by atoms with E-state index in [1.54, 1.807) is 5.32 Å². The summed E-state index contributed by atoms with van der Waals surface area (Å²) in [5, 5.41) is 11.3. The summed E-state index contributed by atoms with van der Waals surface area (Å²) < 4.78 is 41.6. The predicted octanol–water partition coefficient (Wildman–Crippen LogP) is 0.972. The highest BCUT2D eigenvalue weighted by atomic mass is 19.4. The maximum Gasteiger partial charge on any atom is 0.471 e. The summed E-state index contributed by atoms with van der Waals surface area (Å²) in [6.45, 7) is 0. The molecule has 0 spiro atoms. The van der Waals surface area contributed by atoms with Gasteiger partial charge in [0.05, 0.1) is 13.2 Å². The molecule has 2 unspecified atom stereocenters. The average Bonchev–Trinajstić information content (AvgIpc) is 2.62. The Bertz CT molecular complexity index is 570. The molecule has 1 aliphatic rings. The second kappa shape index (κ2) is 4.78. The molecule has 0 aliphatic heterocycles. The molecule has 0 radical (unpaired) electrons. The van der Waals surface area contributed by atoms with E-state index >= 15 is 0 Å². The third kappa shape index (κ3) is 2.34. The normalized spacial score (nSPS) is 21.6. The van der Waals surface area contributed by atoms with Gasteiger partial charge in [-0.25, -0.2) is 0 Å². The number of nitrogens with one attached hydrogen (secondary N) is 1. The van der Waals surface area contributed by atoms with Crippen molar-refractivity contribution in [1.29, 1.82) is 0 Å². The van der Waals surface area contributed by atoms with Crippen LogP contribution in [0.3, 0.4) is 0 Å². The van der Waals surface area contributed by atoms with Crippen LogP contribution in [-0.4, -0.2) is 36.2 Å². The van der Waals surface area contributed by atoms with Gasteiger partial charge in [0, 0.05) is 5.56 Å². The Kier molecular flexibility index (Phi) is 3.43. The molecule has 8 heteroatoms. The van der Waals surface area contributed by atoms with E-state index in [9.17, 15) is 27.9 Å². The first-order valence-electron chi connectivity index (χ1n) is 5.53. The van der Waals surface area contributed by atoms with E-state index in [0.717, 1.165) is 0 Å². The predicted molar refractivity (Wildman–Crippen MR) is 60.3 cm³/mol. The van der Waals surface area contributed by atoms with Gasteiger partial charge in [0.2, 0.25) is 0 Å². The van der Waals surface area contributed by atoms with Crippen molar-refractivity contribution in [3.8, 4) is 5.75 Å². The molecule has 0 fully saturated rings. The minimum atomic E-state index is -5.09. The van der Waals surface area contributed by atoms with Crippen LogP contribution in [0.25, 0.3) is 0 Å². The van der Waals surface area contributed by atoms with Gasteiger partial charge in [0.1, 0.15) is 11.9 Å². The van der Waals surface area contributed by atoms with Gasteiger partial charge >= 0.3 is 12.1 Å². The molecule has 0 saturated heterocycles. The van der Waals surface area contributed by atoms with Crippen molar-refractivity contribution < 1.29 is 32.6 Å². The third-order valence-corrected chi connectivity index (χ3v) is 2.99. The number of alkyl halides is 3. The summed E-state index contributed by atoms with van der Waals surface area (Å²) in [6.07, 6.45) is -6.84. The van der Waals surface area contributed by atoms with Crippen LogP contribution in [0.4, 0.5) is 13.2 Å². The molecule has 0 saturated carbocycles. The van der Waals surface area contributed by atoms with Crippen LogP contribution in [0.5, 0.6) is 5.75 Å². The fraction of sp³-hybridized carbons (Fsp3) is 0.333. The van der Waals surface area contributed by atoms with Gasteiger partial charge in [-0.05, 0) is 23.8 Å². The molecule has 2 atom stereocenters. The molecular formula is C12H10F3NO4. The molecule has 0 aromatic heterocycles. The summed E-state index contributed by atoms with van der Waals surface area (Å²) in [5.41, 5.74) is 0.158. The van der Waals surface area contributed by atoms with Crippen LogP contribution in [0.1, 0.15) is 22.0 Å². The highest BCUT2D eigenvalue weighted by Crippen LogP contribution is 2.34. The first-order valence-corrected chi connectivity index (χ1v) is 5.53. The first-order chi connectivity index (χ1) is 9.25. The van der Waals surface area contributed by atoms with E-state index in [0.29, 0.717) is 5.75 Å². The quantitative estimate of drug-likeness (QED) is 0.850. The van der Waals surface area contributed by atoms with E-state index in [4.69, 9.17) is 4.74 Å². The number of aliphatic hydroxyl groups is 1. The highest BCUT2D eigenvalue weighted by molar-refractivity contribution is 6.05. The van der Waals surface area contributed by atoms with Crippen LogP contribution < -0.4 is 10.1 Å². The number of rotatable bonds is 2. The second-order valence-electron chi connectivity index (χ2n) is 4.21. The molecular weight excluding hydrogens is 279 g/mol. The number of aliphatic hydroxyl groups excluding tert-OH is 1. The molecule has 1 aliphatic carbocycles. The SMILES string of the molecule is COc1ccc2c(c1)C(NC(=O)C(F)(F)F)C(O)C2=O. The van der Waals surface area contributed by atoms with E-state index < -0.39 is 30.0 Å². The van der Waals surface area contributed by atoms with Crippen molar-refractivity contribution in [1.82, 2.24) is 5.32 Å². The van der Waals surface area contributed by atoms with E-state index in [2.05, 4.69) is 0 Å².